The molecular formula is C18H25N4O3S-. The molecule has 1 aromatic heterocycles. The Morgan fingerprint density at radius 1 is 1.38 bits per heavy atom. The van der Waals surface area contributed by atoms with Gasteiger partial charge < -0.3 is 14.2 Å². The SMILES string of the molecule is COc1ccc2c(N3CCC(C(C)CNNS(=O)[O-])CC3)ccnc2c1. The van der Waals surface area contributed by atoms with Crippen molar-refractivity contribution in [1.82, 2.24) is 15.2 Å². The molecule has 7 nitrogen and oxygen atoms in total. The van der Waals surface area contributed by atoms with Gasteiger partial charge >= 0.3 is 0 Å². The normalized spacial score (nSPS) is 18.0. The van der Waals surface area contributed by atoms with Crippen molar-refractivity contribution in [2.75, 3.05) is 31.6 Å². The van der Waals surface area contributed by atoms with Crippen LogP contribution in [0, 0.1) is 11.8 Å². The molecule has 1 fully saturated rings. The quantitative estimate of drug-likeness (QED) is 0.567. The topological polar surface area (TPSA) is 89.5 Å². The van der Waals surface area contributed by atoms with Gasteiger partial charge in [0.15, 0.2) is 0 Å². The minimum Gasteiger partial charge on any atom is -0.759 e. The summed E-state index contributed by atoms with van der Waals surface area (Å²) < 4.78 is 26.3. The summed E-state index contributed by atoms with van der Waals surface area (Å²) >= 11 is -2.27. The molecule has 26 heavy (non-hydrogen) atoms. The van der Waals surface area contributed by atoms with Crippen molar-refractivity contribution in [3.8, 4) is 5.75 Å². The number of fused-ring (bicyclic) bond motifs is 1. The highest BCUT2D eigenvalue weighted by molar-refractivity contribution is 7.76. The summed E-state index contributed by atoms with van der Waals surface area (Å²) in [6.07, 6.45) is 4.02. The van der Waals surface area contributed by atoms with Gasteiger partial charge in [0.05, 0.1) is 12.6 Å². The Kier molecular flexibility index (Phi) is 6.42. The second-order valence-corrected chi connectivity index (χ2v) is 7.41. The lowest BCUT2D eigenvalue weighted by Gasteiger charge is -2.36. The summed E-state index contributed by atoms with van der Waals surface area (Å²) in [5, 5.41) is 1.14. The van der Waals surface area contributed by atoms with E-state index in [1.807, 2.05) is 18.3 Å². The van der Waals surface area contributed by atoms with Crippen LogP contribution < -0.4 is 19.9 Å². The first kappa shape index (κ1) is 19.0. The van der Waals surface area contributed by atoms with Crippen molar-refractivity contribution in [1.29, 1.82) is 0 Å². The second kappa shape index (κ2) is 8.77. The number of ether oxygens (including phenoxy) is 1. The molecule has 0 amide bonds. The third-order valence-electron chi connectivity index (χ3n) is 5.19. The number of hydrogen-bond donors (Lipinski definition) is 2. The fourth-order valence-electron chi connectivity index (χ4n) is 3.65. The number of rotatable bonds is 7. The molecule has 2 atom stereocenters. The summed E-state index contributed by atoms with van der Waals surface area (Å²) in [5.41, 5.74) is 4.92. The fourth-order valence-corrected chi connectivity index (χ4v) is 3.85. The Bertz CT molecular complexity index is 765. The Morgan fingerprint density at radius 3 is 2.85 bits per heavy atom. The molecule has 3 rings (SSSR count). The molecule has 8 heteroatoms. The number of aromatic nitrogens is 1. The van der Waals surface area contributed by atoms with Crippen molar-refractivity contribution in [2.24, 2.45) is 11.8 Å². The van der Waals surface area contributed by atoms with Gasteiger partial charge in [0.25, 0.3) is 0 Å². The van der Waals surface area contributed by atoms with Gasteiger partial charge in [-0.05, 0) is 42.9 Å². The fraction of sp³-hybridized carbons (Fsp3) is 0.500. The Balaban J connectivity index is 1.63. The highest BCUT2D eigenvalue weighted by Gasteiger charge is 2.24. The van der Waals surface area contributed by atoms with Gasteiger partial charge in [-0.2, -0.15) is 4.83 Å². The van der Waals surface area contributed by atoms with Gasteiger partial charge in [0.1, 0.15) is 5.75 Å². The molecule has 2 N–H and O–H groups in total. The van der Waals surface area contributed by atoms with Gasteiger partial charge in [0.2, 0.25) is 0 Å². The molecular weight excluding hydrogens is 352 g/mol. The molecule has 0 radical (unpaired) electrons. The van der Waals surface area contributed by atoms with Crippen LogP contribution >= 0.6 is 0 Å². The molecule has 2 heterocycles. The van der Waals surface area contributed by atoms with Crippen LogP contribution in [0.1, 0.15) is 19.8 Å². The summed E-state index contributed by atoms with van der Waals surface area (Å²) in [7, 11) is 1.66. The van der Waals surface area contributed by atoms with Crippen LogP contribution in [0.2, 0.25) is 0 Å². The van der Waals surface area contributed by atoms with Gasteiger partial charge in [-0.25, -0.2) is 5.43 Å². The highest BCUT2D eigenvalue weighted by atomic mass is 32.2. The van der Waals surface area contributed by atoms with E-state index in [1.54, 1.807) is 7.11 Å². The molecule has 2 aromatic rings. The Morgan fingerprint density at radius 2 is 2.15 bits per heavy atom. The first-order valence-corrected chi connectivity index (χ1v) is 9.91. The van der Waals surface area contributed by atoms with E-state index in [1.165, 1.54) is 5.69 Å². The Hall–Kier alpha value is -1.74. The number of hydrazine groups is 1. The molecule has 0 spiro atoms. The zero-order chi connectivity index (χ0) is 18.5. The number of nitrogens with one attached hydrogen (secondary N) is 2. The Labute approximate surface area is 156 Å². The number of methoxy groups -OCH3 is 1. The van der Waals surface area contributed by atoms with E-state index in [-0.39, 0.29) is 0 Å². The van der Waals surface area contributed by atoms with Crippen molar-refractivity contribution in [2.45, 2.75) is 19.8 Å². The molecule has 2 unspecified atom stereocenters. The predicted octanol–water partition coefficient (Wildman–Crippen LogP) is 1.98. The van der Waals surface area contributed by atoms with Crippen LogP contribution in [-0.4, -0.2) is 40.5 Å². The van der Waals surface area contributed by atoms with Crippen molar-refractivity contribution in [3.05, 3.63) is 30.5 Å². The van der Waals surface area contributed by atoms with Crippen LogP contribution in [-0.2, 0) is 11.3 Å². The van der Waals surface area contributed by atoms with Gasteiger partial charge in [-0.3, -0.25) is 9.19 Å². The summed E-state index contributed by atoms with van der Waals surface area (Å²) in [4.78, 5) is 9.10. The number of piperidine rings is 1. The maximum absolute atomic E-state index is 10.5. The lowest BCUT2D eigenvalue weighted by atomic mass is 9.85. The summed E-state index contributed by atoms with van der Waals surface area (Å²) in [5.74, 6) is 1.80. The van der Waals surface area contributed by atoms with E-state index in [0.29, 0.717) is 18.4 Å². The van der Waals surface area contributed by atoms with Gasteiger partial charge in [-0.15, -0.1) is 0 Å². The molecule has 0 bridgehead atoms. The number of benzene rings is 1. The average molecular weight is 377 g/mol. The number of hydrogen-bond acceptors (Lipinski definition) is 6. The molecule has 142 valence electrons. The average Bonchev–Trinajstić information content (AvgIpc) is 2.66. The standard InChI is InChI=1S/C18H26N4O3S/c1-13(12-20-21-26(23)24)14-6-9-22(10-7-14)18-5-8-19-17-11-15(25-2)3-4-16(17)18/h3-5,8,11,13-14,20-21H,6-7,9-10,12H2,1-2H3,(H,23,24)/p-1. The second-order valence-electron chi connectivity index (χ2n) is 6.73. The van der Waals surface area contributed by atoms with E-state index in [9.17, 15) is 8.76 Å². The van der Waals surface area contributed by atoms with Crippen LogP contribution in [0.5, 0.6) is 5.75 Å². The first-order chi connectivity index (χ1) is 12.6. The monoisotopic (exact) mass is 377 g/mol. The summed E-state index contributed by atoms with van der Waals surface area (Å²) in [6.45, 7) is 4.77. The van der Waals surface area contributed by atoms with E-state index >= 15 is 0 Å². The maximum Gasteiger partial charge on any atom is 0.121 e. The molecule has 1 aliphatic rings. The first-order valence-electron chi connectivity index (χ1n) is 8.84. The number of anilines is 1. The lowest BCUT2D eigenvalue weighted by molar-refractivity contribution is 0.281. The van der Waals surface area contributed by atoms with Crippen LogP contribution in [0.4, 0.5) is 5.69 Å². The predicted molar refractivity (Wildman–Crippen MR) is 102 cm³/mol. The molecule has 0 saturated carbocycles. The largest absolute Gasteiger partial charge is 0.759 e. The van der Waals surface area contributed by atoms with Crippen LogP contribution in [0.25, 0.3) is 10.9 Å². The molecule has 1 aromatic carbocycles. The van der Waals surface area contributed by atoms with E-state index in [2.05, 4.69) is 39.2 Å². The van der Waals surface area contributed by atoms with Crippen molar-refractivity contribution >= 4 is 27.9 Å². The minimum atomic E-state index is -2.27. The molecule has 1 saturated heterocycles. The van der Waals surface area contributed by atoms with Crippen molar-refractivity contribution in [3.63, 3.8) is 0 Å². The molecule has 0 aliphatic carbocycles. The van der Waals surface area contributed by atoms with E-state index < -0.39 is 11.3 Å². The lowest BCUT2D eigenvalue weighted by Crippen LogP contribution is -2.41. The van der Waals surface area contributed by atoms with E-state index in [4.69, 9.17) is 4.74 Å². The van der Waals surface area contributed by atoms with Crippen LogP contribution in [0.3, 0.4) is 0 Å². The molecule has 1 aliphatic heterocycles. The van der Waals surface area contributed by atoms with E-state index in [0.717, 1.165) is 42.6 Å². The zero-order valence-electron chi connectivity index (χ0n) is 15.1. The van der Waals surface area contributed by atoms with Gasteiger partial charge in [0, 0.05) is 54.2 Å². The number of nitrogens with zero attached hydrogens (tertiary/aromatic N) is 2. The maximum atomic E-state index is 10.5. The third kappa shape index (κ3) is 4.50. The smallest absolute Gasteiger partial charge is 0.121 e. The zero-order valence-corrected chi connectivity index (χ0v) is 15.9. The van der Waals surface area contributed by atoms with Crippen molar-refractivity contribution < 1.29 is 13.5 Å². The third-order valence-corrected chi connectivity index (χ3v) is 5.50. The van der Waals surface area contributed by atoms with Crippen LogP contribution in [0.15, 0.2) is 30.5 Å². The van der Waals surface area contributed by atoms with Gasteiger partial charge in [-0.1, -0.05) is 6.92 Å². The summed E-state index contributed by atoms with van der Waals surface area (Å²) in [6, 6.07) is 8.09. The minimum absolute atomic E-state index is 0.409. The highest BCUT2D eigenvalue weighted by Crippen LogP contribution is 2.32. The number of pyridine rings is 1.